The average molecular weight is 296 g/mol. The summed E-state index contributed by atoms with van der Waals surface area (Å²) in [5.74, 6) is -0.948. The van der Waals surface area contributed by atoms with Gasteiger partial charge in [-0.1, -0.05) is 0 Å². The number of methoxy groups -OCH3 is 1. The van der Waals surface area contributed by atoms with Gasteiger partial charge in [-0.2, -0.15) is 0 Å². The minimum Gasteiger partial charge on any atom is -0.494 e. The summed E-state index contributed by atoms with van der Waals surface area (Å²) in [6.07, 6.45) is 0.111. The standard InChI is InChI=1S/C15H21FN2O3/c1-10(9-17)18(2)15(20)7-5-13(19)11-4-6-14(21-3)12(16)8-11/h4,6,8,10H,5,7,9,17H2,1-3H3. The molecule has 2 N–H and O–H groups in total. The number of ether oxygens (including phenoxy) is 1. The Morgan fingerprint density at radius 2 is 2.05 bits per heavy atom. The first kappa shape index (κ1) is 17.1. The van der Waals surface area contributed by atoms with Gasteiger partial charge in [-0.25, -0.2) is 4.39 Å². The van der Waals surface area contributed by atoms with Crippen molar-refractivity contribution in [3.8, 4) is 5.75 Å². The molecule has 0 fully saturated rings. The second-order valence-electron chi connectivity index (χ2n) is 4.86. The van der Waals surface area contributed by atoms with Gasteiger partial charge in [0.2, 0.25) is 5.91 Å². The molecule has 0 aliphatic carbocycles. The highest BCUT2D eigenvalue weighted by atomic mass is 19.1. The minimum absolute atomic E-state index is 0.0340. The molecule has 6 heteroatoms. The maximum absolute atomic E-state index is 13.5. The largest absolute Gasteiger partial charge is 0.494 e. The molecule has 116 valence electrons. The first-order chi connectivity index (χ1) is 9.90. The minimum atomic E-state index is -0.594. The molecule has 1 unspecified atom stereocenters. The van der Waals surface area contributed by atoms with E-state index in [2.05, 4.69) is 0 Å². The van der Waals surface area contributed by atoms with Gasteiger partial charge >= 0.3 is 0 Å². The van der Waals surface area contributed by atoms with Crippen molar-refractivity contribution in [2.24, 2.45) is 5.73 Å². The highest BCUT2D eigenvalue weighted by Crippen LogP contribution is 2.19. The van der Waals surface area contributed by atoms with E-state index in [4.69, 9.17) is 10.5 Å². The number of likely N-dealkylation sites (N-methyl/N-ethyl adjacent to an activating group) is 1. The molecular formula is C15H21FN2O3. The Morgan fingerprint density at radius 1 is 1.38 bits per heavy atom. The van der Waals surface area contributed by atoms with Gasteiger partial charge in [0.1, 0.15) is 0 Å². The lowest BCUT2D eigenvalue weighted by Crippen LogP contribution is -2.39. The summed E-state index contributed by atoms with van der Waals surface area (Å²) in [6.45, 7) is 2.19. The van der Waals surface area contributed by atoms with Crippen LogP contribution < -0.4 is 10.5 Å². The van der Waals surface area contributed by atoms with E-state index in [9.17, 15) is 14.0 Å². The summed E-state index contributed by atoms with van der Waals surface area (Å²) in [6, 6.07) is 3.93. The van der Waals surface area contributed by atoms with Crippen LogP contribution in [0.5, 0.6) is 5.75 Å². The number of ketones is 1. The molecule has 0 aliphatic rings. The van der Waals surface area contributed by atoms with Gasteiger partial charge in [0.15, 0.2) is 17.3 Å². The number of hydrogen-bond donors (Lipinski definition) is 1. The number of hydrogen-bond acceptors (Lipinski definition) is 4. The van der Waals surface area contributed by atoms with E-state index in [1.165, 1.54) is 24.1 Å². The fourth-order valence-corrected chi connectivity index (χ4v) is 1.78. The van der Waals surface area contributed by atoms with Gasteiger partial charge < -0.3 is 15.4 Å². The summed E-state index contributed by atoms with van der Waals surface area (Å²) in [5.41, 5.74) is 5.72. The Labute approximate surface area is 123 Å². The second-order valence-corrected chi connectivity index (χ2v) is 4.86. The Bertz CT molecular complexity index is 520. The average Bonchev–Trinajstić information content (AvgIpc) is 2.50. The van der Waals surface area contributed by atoms with Crippen LogP contribution in [-0.2, 0) is 4.79 Å². The van der Waals surface area contributed by atoms with Crippen LogP contribution in [0.4, 0.5) is 4.39 Å². The zero-order chi connectivity index (χ0) is 16.0. The monoisotopic (exact) mass is 296 g/mol. The van der Waals surface area contributed by atoms with Crippen molar-refractivity contribution in [2.75, 3.05) is 20.7 Å². The number of carbonyl (C=O) groups excluding carboxylic acids is 2. The van der Waals surface area contributed by atoms with Crippen molar-refractivity contribution in [1.82, 2.24) is 4.90 Å². The third kappa shape index (κ3) is 4.53. The topological polar surface area (TPSA) is 72.6 Å². The van der Waals surface area contributed by atoms with Crippen LogP contribution in [0.25, 0.3) is 0 Å². The Balaban J connectivity index is 2.62. The highest BCUT2D eigenvalue weighted by molar-refractivity contribution is 5.98. The van der Waals surface area contributed by atoms with Gasteiger partial charge in [-0.05, 0) is 25.1 Å². The van der Waals surface area contributed by atoms with E-state index in [0.717, 1.165) is 6.07 Å². The summed E-state index contributed by atoms with van der Waals surface area (Å²) >= 11 is 0. The molecule has 0 bridgehead atoms. The number of nitrogens with zero attached hydrogens (tertiary/aromatic N) is 1. The summed E-state index contributed by atoms with van der Waals surface area (Å²) in [4.78, 5) is 25.3. The van der Waals surface area contributed by atoms with Crippen molar-refractivity contribution in [2.45, 2.75) is 25.8 Å². The lowest BCUT2D eigenvalue weighted by atomic mass is 10.1. The van der Waals surface area contributed by atoms with Crippen LogP contribution >= 0.6 is 0 Å². The van der Waals surface area contributed by atoms with E-state index in [0.29, 0.717) is 6.54 Å². The van der Waals surface area contributed by atoms with Gasteiger partial charge in [-0.15, -0.1) is 0 Å². The zero-order valence-corrected chi connectivity index (χ0v) is 12.6. The normalized spacial score (nSPS) is 11.9. The van der Waals surface area contributed by atoms with Crippen molar-refractivity contribution < 1.29 is 18.7 Å². The van der Waals surface area contributed by atoms with E-state index >= 15 is 0 Å². The molecule has 0 aliphatic heterocycles. The number of Topliss-reactive ketones (excluding diaryl/α,β-unsaturated/α-hetero) is 1. The van der Waals surface area contributed by atoms with Gasteiger partial charge in [-0.3, -0.25) is 9.59 Å². The third-order valence-electron chi connectivity index (χ3n) is 3.44. The molecule has 0 radical (unpaired) electrons. The Hall–Kier alpha value is -1.95. The lowest BCUT2D eigenvalue weighted by Gasteiger charge is -2.23. The van der Waals surface area contributed by atoms with E-state index in [1.807, 2.05) is 6.92 Å². The molecule has 0 aromatic heterocycles. The van der Waals surface area contributed by atoms with Crippen molar-refractivity contribution in [1.29, 1.82) is 0 Å². The molecule has 1 aromatic carbocycles. The number of rotatable bonds is 7. The SMILES string of the molecule is COc1ccc(C(=O)CCC(=O)N(C)C(C)CN)cc1F. The van der Waals surface area contributed by atoms with Crippen molar-refractivity contribution in [3.05, 3.63) is 29.6 Å². The van der Waals surface area contributed by atoms with Crippen LogP contribution in [0, 0.1) is 5.82 Å². The molecule has 5 nitrogen and oxygen atoms in total. The molecule has 0 heterocycles. The van der Waals surface area contributed by atoms with Crippen molar-refractivity contribution in [3.63, 3.8) is 0 Å². The third-order valence-corrected chi connectivity index (χ3v) is 3.44. The highest BCUT2D eigenvalue weighted by Gasteiger charge is 2.17. The number of carbonyl (C=O) groups is 2. The van der Waals surface area contributed by atoms with Gasteiger partial charge in [0.25, 0.3) is 0 Å². The Kier molecular flexibility index (Phi) is 6.30. The summed E-state index contributed by atoms with van der Waals surface area (Å²) < 4.78 is 18.3. The van der Waals surface area contributed by atoms with Gasteiger partial charge in [0, 0.05) is 38.0 Å². The maximum Gasteiger partial charge on any atom is 0.223 e. The molecule has 0 spiro atoms. The van der Waals surface area contributed by atoms with Gasteiger partial charge in [0.05, 0.1) is 7.11 Å². The first-order valence-corrected chi connectivity index (χ1v) is 6.73. The fraction of sp³-hybridized carbons (Fsp3) is 0.467. The number of halogens is 1. The Morgan fingerprint density at radius 3 is 2.57 bits per heavy atom. The summed E-state index contributed by atoms with van der Waals surface area (Å²) in [5, 5.41) is 0. The van der Waals surface area contributed by atoms with E-state index in [1.54, 1.807) is 7.05 Å². The molecule has 1 rings (SSSR count). The smallest absolute Gasteiger partial charge is 0.223 e. The van der Waals surface area contributed by atoms with E-state index < -0.39 is 5.82 Å². The molecule has 1 amide bonds. The molecule has 21 heavy (non-hydrogen) atoms. The predicted octanol–water partition coefficient (Wildman–Crippen LogP) is 1.60. The predicted molar refractivity (Wildman–Crippen MR) is 77.8 cm³/mol. The fourth-order valence-electron chi connectivity index (χ4n) is 1.78. The van der Waals surface area contributed by atoms with Crippen LogP contribution in [0.1, 0.15) is 30.1 Å². The van der Waals surface area contributed by atoms with Crippen LogP contribution in [0.15, 0.2) is 18.2 Å². The first-order valence-electron chi connectivity index (χ1n) is 6.73. The maximum atomic E-state index is 13.5. The number of benzene rings is 1. The molecule has 1 aromatic rings. The second kappa shape index (κ2) is 7.73. The number of amides is 1. The van der Waals surface area contributed by atoms with Crippen LogP contribution in [0.3, 0.4) is 0 Å². The molecule has 1 atom stereocenters. The van der Waals surface area contributed by atoms with E-state index in [-0.39, 0.29) is 41.9 Å². The van der Waals surface area contributed by atoms with Crippen molar-refractivity contribution >= 4 is 11.7 Å². The quantitative estimate of drug-likeness (QED) is 0.776. The molecule has 0 saturated carbocycles. The lowest BCUT2D eigenvalue weighted by molar-refractivity contribution is -0.131. The summed E-state index contributed by atoms with van der Waals surface area (Å²) in [7, 11) is 3.00. The zero-order valence-electron chi connectivity index (χ0n) is 12.6. The number of nitrogens with two attached hydrogens (primary N) is 1. The van der Waals surface area contributed by atoms with Crippen LogP contribution in [0.2, 0.25) is 0 Å². The van der Waals surface area contributed by atoms with Crippen LogP contribution in [-0.4, -0.2) is 43.3 Å². The molecule has 0 saturated heterocycles. The molecular weight excluding hydrogens is 275 g/mol.